The van der Waals surface area contributed by atoms with Gasteiger partial charge < -0.3 is 19.0 Å². The van der Waals surface area contributed by atoms with Crippen molar-refractivity contribution in [1.82, 2.24) is 9.55 Å². The Labute approximate surface area is 360 Å². The minimum Gasteiger partial charge on any atom is -0.456 e. The average molecular weight is 783 g/mol. The van der Waals surface area contributed by atoms with E-state index in [1.165, 1.54) is 0 Å². The van der Waals surface area contributed by atoms with Gasteiger partial charge in [-0.25, -0.2) is 4.98 Å². The van der Waals surface area contributed by atoms with E-state index in [2.05, 4.69) is 16.7 Å². The molecule has 4 heterocycles. The molecule has 284 valence electrons. The van der Waals surface area contributed by atoms with Crippen LogP contribution in [0.3, 0.4) is 0 Å². The molecule has 6 nitrogen and oxygen atoms in total. The molecule has 0 aliphatic carbocycles. The summed E-state index contributed by atoms with van der Waals surface area (Å²) in [5.74, 6) is 1.81. The van der Waals surface area contributed by atoms with Gasteiger partial charge in [0, 0.05) is 45.9 Å². The van der Waals surface area contributed by atoms with E-state index in [-0.39, 0.29) is 34.6 Å². The van der Waals surface area contributed by atoms with Gasteiger partial charge in [-0.1, -0.05) is 139 Å². The first-order chi connectivity index (χ1) is 33.9. The van der Waals surface area contributed by atoms with Crippen LogP contribution in [-0.4, -0.2) is 16.2 Å². The van der Waals surface area contributed by atoms with Crippen molar-refractivity contribution in [2.24, 2.45) is 0 Å². The van der Waals surface area contributed by atoms with Crippen molar-refractivity contribution in [1.29, 1.82) is 0 Å². The van der Waals surface area contributed by atoms with Gasteiger partial charge in [-0.3, -0.25) is 4.57 Å². The molecule has 0 saturated heterocycles. The van der Waals surface area contributed by atoms with Gasteiger partial charge in [0.25, 0.3) is 0 Å². The summed E-state index contributed by atoms with van der Waals surface area (Å²) in [5, 5.41) is 3.62. The lowest BCUT2D eigenvalue weighted by molar-refractivity contribution is 0.489. The number of pyridine rings is 1. The predicted octanol–water partition coefficient (Wildman–Crippen LogP) is 14.5. The van der Waals surface area contributed by atoms with E-state index in [4.69, 9.17) is 27.8 Å². The minimum atomic E-state index is -0.556. The second-order valence-corrected chi connectivity index (χ2v) is 14.4. The summed E-state index contributed by atoms with van der Waals surface area (Å²) < 4.78 is 103. The number of hydrogen-bond acceptors (Lipinski definition) is 5. The van der Waals surface area contributed by atoms with Crippen LogP contribution < -0.4 is 14.5 Å². The first kappa shape index (κ1) is 25.3. The molecule has 1 aliphatic heterocycles. The number of furan rings is 1. The number of nitrogens with zero attached hydrogens (tertiary/aromatic N) is 4. The van der Waals surface area contributed by atoms with E-state index >= 15 is 0 Å². The highest BCUT2D eigenvalue weighted by Gasteiger charge is 2.31. The van der Waals surface area contributed by atoms with Crippen molar-refractivity contribution >= 4 is 66.5 Å². The zero-order valence-electron chi connectivity index (χ0n) is 41.7. The van der Waals surface area contributed by atoms with Gasteiger partial charge in [0.05, 0.1) is 52.6 Å². The van der Waals surface area contributed by atoms with E-state index in [0.717, 1.165) is 44.1 Å². The Hall–Kier alpha value is -8.09. The fraction of sp³-hybridized carbons (Fsp3) is 0.0185. The van der Waals surface area contributed by atoms with E-state index < -0.39 is 60.4 Å². The highest BCUT2D eigenvalue weighted by molar-refractivity contribution is 6.25. The Morgan fingerprint density at radius 3 is 1.98 bits per heavy atom. The van der Waals surface area contributed by atoms with Crippen molar-refractivity contribution in [2.45, 2.75) is 0 Å². The highest BCUT2D eigenvalue weighted by Crippen LogP contribution is 2.51. The van der Waals surface area contributed by atoms with Crippen molar-refractivity contribution in [3.05, 3.63) is 206 Å². The summed E-state index contributed by atoms with van der Waals surface area (Å²) in [5.41, 5.74) is 5.81. The number of fused-ring (bicyclic) bond motifs is 8. The SMILES string of the molecule is [2H]c1c([2H])c([2H])c(-c2cccc(-c3c([2H])c([2H])c([2H])c([2H])c3[2H])c2N2CN(c3cccc(Oc4cc5c(c6ccccc6n5-c5ccccn5)c5oc6ccccc6c45)c3)c3ccccc32)c([2H])c1[2H]. The Balaban J connectivity index is 1.03. The summed E-state index contributed by atoms with van der Waals surface area (Å²) in [7, 11) is 0. The summed E-state index contributed by atoms with van der Waals surface area (Å²) in [6, 6.07) is 38.9. The van der Waals surface area contributed by atoms with Gasteiger partial charge in [0.15, 0.2) is 0 Å². The maximum Gasteiger partial charge on any atom is 0.149 e. The second kappa shape index (κ2) is 13.8. The Morgan fingerprint density at radius 2 is 1.23 bits per heavy atom. The van der Waals surface area contributed by atoms with Crippen molar-refractivity contribution in [3.8, 4) is 39.6 Å². The van der Waals surface area contributed by atoms with Crippen molar-refractivity contribution in [2.75, 3.05) is 16.5 Å². The number of benzene rings is 8. The molecular formula is C54H36N4O2. The molecule has 8 aromatic carbocycles. The van der Waals surface area contributed by atoms with Crippen LogP contribution in [0.15, 0.2) is 211 Å². The molecule has 11 aromatic rings. The van der Waals surface area contributed by atoms with Crippen LogP contribution in [0.4, 0.5) is 22.7 Å². The zero-order chi connectivity index (χ0) is 48.3. The van der Waals surface area contributed by atoms with Gasteiger partial charge >= 0.3 is 0 Å². The van der Waals surface area contributed by atoms with Gasteiger partial charge in [0.2, 0.25) is 0 Å². The maximum atomic E-state index is 9.06. The molecule has 60 heavy (non-hydrogen) atoms. The summed E-state index contributed by atoms with van der Waals surface area (Å²) >= 11 is 0. The lowest BCUT2D eigenvalue weighted by Gasteiger charge is -2.27. The molecule has 0 fully saturated rings. The van der Waals surface area contributed by atoms with Crippen LogP contribution in [0.1, 0.15) is 13.7 Å². The topological polar surface area (TPSA) is 46.7 Å². The average Bonchev–Trinajstić information content (AvgIpc) is 4.07. The third kappa shape index (κ3) is 5.38. The molecule has 0 radical (unpaired) electrons. The van der Waals surface area contributed by atoms with Crippen molar-refractivity contribution in [3.63, 3.8) is 0 Å². The molecule has 1 aliphatic rings. The summed E-state index contributed by atoms with van der Waals surface area (Å²) in [6.45, 7) is 0.0941. The highest BCUT2D eigenvalue weighted by atomic mass is 16.5. The molecule has 0 spiro atoms. The van der Waals surface area contributed by atoms with Crippen LogP contribution in [0.5, 0.6) is 11.5 Å². The van der Waals surface area contributed by atoms with Crippen LogP contribution >= 0.6 is 0 Å². The van der Waals surface area contributed by atoms with E-state index in [0.29, 0.717) is 34.0 Å². The standard InChI is InChI=1S/C54H36N4O2/c1-3-17-36(18-4-1)40-25-16-26-41(37-19-5-2-6-20-37)53(40)57-35-56(45-28-10-11-29-46(45)57)38-21-15-22-39(33-38)59-49-34-47-51(54-52(49)43-24-8-12-30-48(43)60-54)42-23-7-9-27-44(42)58(47)50-31-13-14-32-55-50/h1-34H,35H2/i1D,2D,3D,4D,5D,6D,17D,18D,19D,20D. The number of aromatic nitrogens is 2. The maximum absolute atomic E-state index is 9.06. The molecule has 0 saturated carbocycles. The molecule has 12 rings (SSSR count). The van der Waals surface area contributed by atoms with Crippen molar-refractivity contribution < 1.29 is 22.9 Å². The number of anilines is 4. The second-order valence-electron chi connectivity index (χ2n) is 14.4. The lowest BCUT2D eigenvalue weighted by atomic mass is 9.95. The van der Waals surface area contributed by atoms with Gasteiger partial charge in [-0.2, -0.15) is 0 Å². The smallest absolute Gasteiger partial charge is 0.149 e. The van der Waals surface area contributed by atoms with E-state index in [1.807, 2.05) is 119 Å². The molecule has 0 bridgehead atoms. The first-order valence-corrected chi connectivity index (χ1v) is 19.4. The Bertz CT molecular complexity index is 3860. The van der Waals surface area contributed by atoms with Crippen LogP contribution in [0.2, 0.25) is 0 Å². The fourth-order valence-corrected chi connectivity index (χ4v) is 8.59. The monoisotopic (exact) mass is 782 g/mol. The van der Waals surface area contributed by atoms with Gasteiger partial charge in [-0.15, -0.1) is 0 Å². The predicted molar refractivity (Wildman–Crippen MR) is 245 cm³/mol. The molecule has 3 aromatic heterocycles. The van der Waals surface area contributed by atoms with Gasteiger partial charge in [-0.05, 0) is 59.7 Å². The summed E-state index contributed by atoms with van der Waals surface area (Å²) in [4.78, 5) is 8.67. The Morgan fingerprint density at radius 1 is 0.567 bits per heavy atom. The molecule has 6 heteroatoms. The number of rotatable bonds is 7. The molecular weight excluding hydrogens is 737 g/mol. The first-order valence-electron chi connectivity index (χ1n) is 24.4. The van der Waals surface area contributed by atoms with Crippen LogP contribution in [0, 0.1) is 0 Å². The fourth-order valence-electron chi connectivity index (χ4n) is 8.59. The largest absolute Gasteiger partial charge is 0.456 e. The normalized spacial score (nSPS) is 14.9. The van der Waals surface area contributed by atoms with E-state index in [9.17, 15) is 0 Å². The molecule has 0 atom stereocenters. The molecule has 0 amide bonds. The third-order valence-corrected chi connectivity index (χ3v) is 11.1. The number of para-hydroxylation sites is 5. The molecule has 0 unspecified atom stereocenters. The third-order valence-electron chi connectivity index (χ3n) is 11.1. The van der Waals surface area contributed by atoms with Crippen LogP contribution in [-0.2, 0) is 0 Å². The Kier molecular flexibility index (Phi) is 5.82. The summed E-state index contributed by atoms with van der Waals surface area (Å²) in [6.07, 6.45) is 1.76. The minimum absolute atomic E-state index is 0.0941. The lowest BCUT2D eigenvalue weighted by Crippen LogP contribution is -2.24. The quantitative estimate of drug-likeness (QED) is 0.161. The van der Waals surface area contributed by atoms with Gasteiger partial charge in [0.1, 0.15) is 35.2 Å². The zero-order valence-corrected chi connectivity index (χ0v) is 31.7. The van der Waals surface area contributed by atoms with E-state index in [1.54, 1.807) is 24.4 Å². The number of ether oxygens (including phenoxy) is 1. The van der Waals surface area contributed by atoms with Crippen LogP contribution in [0.25, 0.3) is 71.8 Å². The number of hydrogen-bond donors (Lipinski definition) is 0. The molecule has 0 N–H and O–H groups in total.